The third kappa shape index (κ3) is 5.72. The number of anilines is 3. The Morgan fingerprint density at radius 2 is 0.723 bits per heavy atom. The molecular weight excluding hydrogens is 567 g/mol. The van der Waals surface area contributed by atoms with E-state index in [0.717, 1.165) is 17.1 Å². The van der Waals surface area contributed by atoms with Gasteiger partial charge in [-0.2, -0.15) is 0 Å². The Morgan fingerprint density at radius 3 is 1.43 bits per heavy atom. The van der Waals surface area contributed by atoms with Gasteiger partial charge in [0.1, 0.15) is 0 Å². The molecule has 47 heavy (non-hydrogen) atoms. The summed E-state index contributed by atoms with van der Waals surface area (Å²) in [5.41, 5.74) is 13.0. The second-order valence-corrected chi connectivity index (χ2v) is 11.8. The maximum absolute atomic E-state index is 2.37. The molecule has 0 atom stereocenters. The molecule has 0 unspecified atom stereocenters. The largest absolute Gasteiger partial charge is 0.310 e. The fourth-order valence-corrected chi connectivity index (χ4v) is 6.59. The van der Waals surface area contributed by atoms with Crippen LogP contribution in [0.15, 0.2) is 200 Å². The highest BCUT2D eigenvalue weighted by Crippen LogP contribution is 2.40. The van der Waals surface area contributed by atoms with Crippen LogP contribution in [-0.2, 0) is 0 Å². The van der Waals surface area contributed by atoms with Crippen LogP contribution in [0.5, 0.6) is 0 Å². The molecule has 222 valence electrons. The molecule has 0 amide bonds. The average molecular weight is 600 g/mol. The molecule has 8 aromatic rings. The molecular formula is C46H33N. The molecule has 0 bridgehead atoms. The molecule has 0 saturated carbocycles. The molecule has 0 aliphatic rings. The van der Waals surface area contributed by atoms with Crippen molar-refractivity contribution < 1.29 is 0 Å². The molecule has 1 heteroatoms. The summed E-state index contributed by atoms with van der Waals surface area (Å²) in [4.78, 5) is 2.37. The minimum absolute atomic E-state index is 1.10. The lowest BCUT2D eigenvalue weighted by Gasteiger charge is -2.27. The third-order valence-corrected chi connectivity index (χ3v) is 8.86. The molecule has 8 rings (SSSR count). The number of hydrogen-bond donors (Lipinski definition) is 0. The van der Waals surface area contributed by atoms with E-state index >= 15 is 0 Å². The predicted octanol–water partition coefficient (Wildman–Crippen LogP) is 13.0. The zero-order valence-electron chi connectivity index (χ0n) is 26.0. The Morgan fingerprint density at radius 1 is 0.255 bits per heavy atom. The van der Waals surface area contributed by atoms with E-state index in [1.807, 2.05) is 0 Å². The lowest BCUT2D eigenvalue weighted by Crippen LogP contribution is -2.10. The minimum atomic E-state index is 1.10. The Balaban J connectivity index is 1.25. The van der Waals surface area contributed by atoms with Gasteiger partial charge in [-0.3, -0.25) is 0 Å². The van der Waals surface area contributed by atoms with Crippen molar-refractivity contribution in [3.05, 3.63) is 200 Å². The number of nitrogens with zero attached hydrogens (tertiary/aromatic N) is 1. The van der Waals surface area contributed by atoms with E-state index in [9.17, 15) is 0 Å². The van der Waals surface area contributed by atoms with Gasteiger partial charge in [-0.05, 0) is 91.7 Å². The number of fused-ring (bicyclic) bond motifs is 1. The van der Waals surface area contributed by atoms with Gasteiger partial charge < -0.3 is 4.90 Å². The molecule has 0 aromatic heterocycles. The third-order valence-electron chi connectivity index (χ3n) is 8.86. The monoisotopic (exact) mass is 599 g/mol. The van der Waals surface area contributed by atoms with Crippen molar-refractivity contribution in [1.29, 1.82) is 0 Å². The average Bonchev–Trinajstić information content (AvgIpc) is 3.16. The van der Waals surface area contributed by atoms with Crippen LogP contribution in [0, 0.1) is 0 Å². The summed E-state index contributed by atoms with van der Waals surface area (Å²) in [5, 5.41) is 2.50. The first-order valence-electron chi connectivity index (χ1n) is 16.1. The van der Waals surface area contributed by atoms with E-state index in [1.165, 1.54) is 55.3 Å². The van der Waals surface area contributed by atoms with Crippen LogP contribution >= 0.6 is 0 Å². The number of benzene rings is 8. The minimum Gasteiger partial charge on any atom is -0.310 e. The SMILES string of the molecule is c1ccc(-c2cccc(N(c3ccc(-c4ccccc4-c4ccccc4)cc3)c3cccc(-c4cccc5ccccc45)c3)c2)cc1. The van der Waals surface area contributed by atoms with E-state index in [0.29, 0.717) is 0 Å². The maximum Gasteiger partial charge on any atom is 0.0467 e. The zero-order chi connectivity index (χ0) is 31.4. The fourth-order valence-electron chi connectivity index (χ4n) is 6.59. The van der Waals surface area contributed by atoms with Crippen molar-refractivity contribution in [2.45, 2.75) is 0 Å². The molecule has 0 fully saturated rings. The molecule has 0 spiro atoms. The van der Waals surface area contributed by atoms with Gasteiger partial charge in [-0.25, -0.2) is 0 Å². The van der Waals surface area contributed by atoms with Crippen LogP contribution in [-0.4, -0.2) is 0 Å². The van der Waals surface area contributed by atoms with Gasteiger partial charge in [-0.15, -0.1) is 0 Å². The van der Waals surface area contributed by atoms with Gasteiger partial charge in [-0.1, -0.05) is 164 Å². The summed E-state index contributed by atoms with van der Waals surface area (Å²) in [5.74, 6) is 0. The second-order valence-electron chi connectivity index (χ2n) is 11.8. The normalized spacial score (nSPS) is 11.0. The lowest BCUT2D eigenvalue weighted by molar-refractivity contribution is 1.28. The van der Waals surface area contributed by atoms with Gasteiger partial charge in [0.15, 0.2) is 0 Å². The van der Waals surface area contributed by atoms with Crippen molar-refractivity contribution in [3.63, 3.8) is 0 Å². The van der Waals surface area contributed by atoms with Gasteiger partial charge in [0.25, 0.3) is 0 Å². The van der Waals surface area contributed by atoms with Crippen molar-refractivity contribution >= 4 is 27.8 Å². The van der Waals surface area contributed by atoms with Crippen molar-refractivity contribution in [2.75, 3.05) is 4.90 Å². The molecule has 8 aromatic carbocycles. The first kappa shape index (κ1) is 28.3. The Kier molecular flexibility index (Phi) is 7.63. The van der Waals surface area contributed by atoms with Crippen LogP contribution in [0.4, 0.5) is 17.1 Å². The Hall–Kier alpha value is -6.18. The Labute approximate surface area is 276 Å². The molecule has 0 heterocycles. The van der Waals surface area contributed by atoms with E-state index in [1.54, 1.807) is 0 Å². The summed E-state index contributed by atoms with van der Waals surface area (Å²) in [6.07, 6.45) is 0. The first-order valence-corrected chi connectivity index (χ1v) is 16.1. The van der Waals surface area contributed by atoms with Crippen LogP contribution in [0.2, 0.25) is 0 Å². The quantitative estimate of drug-likeness (QED) is 0.176. The van der Waals surface area contributed by atoms with Crippen LogP contribution in [0.25, 0.3) is 55.3 Å². The molecule has 0 N–H and O–H groups in total. The van der Waals surface area contributed by atoms with Crippen molar-refractivity contribution in [2.24, 2.45) is 0 Å². The summed E-state index contributed by atoms with van der Waals surface area (Å²) in [6.45, 7) is 0. The van der Waals surface area contributed by atoms with Crippen LogP contribution in [0.3, 0.4) is 0 Å². The van der Waals surface area contributed by atoms with Crippen LogP contribution < -0.4 is 4.90 Å². The molecule has 0 aliphatic heterocycles. The maximum atomic E-state index is 2.37. The Bertz CT molecular complexity index is 2280. The summed E-state index contributed by atoms with van der Waals surface area (Å²) in [7, 11) is 0. The molecule has 0 radical (unpaired) electrons. The van der Waals surface area contributed by atoms with E-state index in [4.69, 9.17) is 0 Å². The second kappa shape index (κ2) is 12.7. The van der Waals surface area contributed by atoms with E-state index in [-0.39, 0.29) is 0 Å². The fraction of sp³-hybridized carbons (Fsp3) is 0. The standard InChI is InChI=1S/C46H33N/c1-3-14-34(15-4-1)38-20-11-22-41(32-38)47(42-23-12-21-39(33-42)46-27-13-19-36-18-7-8-24-44(36)46)40-30-28-37(29-31-40)45-26-10-9-25-43(45)35-16-5-2-6-17-35/h1-33H. The van der Waals surface area contributed by atoms with Gasteiger partial charge in [0.2, 0.25) is 0 Å². The van der Waals surface area contributed by atoms with Crippen LogP contribution in [0.1, 0.15) is 0 Å². The smallest absolute Gasteiger partial charge is 0.0467 e. The number of rotatable bonds is 7. The topological polar surface area (TPSA) is 3.24 Å². The molecule has 0 saturated heterocycles. The van der Waals surface area contributed by atoms with Crippen molar-refractivity contribution in [1.82, 2.24) is 0 Å². The van der Waals surface area contributed by atoms with E-state index in [2.05, 4.69) is 205 Å². The zero-order valence-corrected chi connectivity index (χ0v) is 26.0. The first-order chi connectivity index (χ1) is 23.3. The summed E-state index contributed by atoms with van der Waals surface area (Å²) in [6, 6.07) is 71.8. The lowest BCUT2D eigenvalue weighted by atomic mass is 9.94. The van der Waals surface area contributed by atoms with Gasteiger partial charge in [0.05, 0.1) is 0 Å². The summed E-state index contributed by atoms with van der Waals surface area (Å²) < 4.78 is 0. The predicted molar refractivity (Wildman–Crippen MR) is 200 cm³/mol. The van der Waals surface area contributed by atoms with Crippen molar-refractivity contribution in [3.8, 4) is 44.5 Å². The highest BCUT2D eigenvalue weighted by molar-refractivity contribution is 5.97. The highest BCUT2D eigenvalue weighted by Gasteiger charge is 2.16. The van der Waals surface area contributed by atoms with Gasteiger partial charge in [0, 0.05) is 17.1 Å². The van der Waals surface area contributed by atoms with E-state index < -0.39 is 0 Å². The highest BCUT2D eigenvalue weighted by atomic mass is 15.1. The molecule has 0 aliphatic carbocycles. The van der Waals surface area contributed by atoms with Gasteiger partial charge >= 0.3 is 0 Å². The summed E-state index contributed by atoms with van der Waals surface area (Å²) >= 11 is 0. The number of hydrogen-bond acceptors (Lipinski definition) is 1. The molecule has 1 nitrogen and oxygen atoms in total.